The summed E-state index contributed by atoms with van der Waals surface area (Å²) in [6.45, 7) is 3.22. The maximum atomic E-state index is 12.8. The van der Waals surface area contributed by atoms with Gasteiger partial charge in [0.15, 0.2) is 0 Å². The van der Waals surface area contributed by atoms with Crippen LogP contribution in [0.1, 0.15) is 16.9 Å². The second-order valence-electron chi connectivity index (χ2n) is 7.51. The van der Waals surface area contributed by atoms with E-state index >= 15 is 0 Å². The van der Waals surface area contributed by atoms with Crippen LogP contribution in [0.5, 0.6) is 0 Å². The molecule has 160 valence electrons. The third-order valence-corrected chi connectivity index (χ3v) is 5.44. The molecule has 0 radical (unpaired) electrons. The Morgan fingerprint density at radius 3 is 2.42 bits per heavy atom. The lowest BCUT2D eigenvalue weighted by Crippen LogP contribution is -2.49. The zero-order valence-electron chi connectivity index (χ0n) is 16.9. The first-order valence-corrected chi connectivity index (χ1v) is 10.1. The van der Waals surface area contributed by atoms with Crippen LogP contribution in [0.25, 0.3) is 10.9 Å². The molecule has 1 aromatic heterocycles. The largest absolute Gasteiger partial charge is 0.351 e. The molecule has 2 amide bonds. The van der Waals surface area contributed by atoms with Crippen molar-refractivity contribution in [2.45, 2.75) is 6.42 Å². The van der Waals surface area contributed by atoms with Crippen molar-refractivity contribution < 1.29 is 14.5 Å². The van der Waals surface area contributed by atoms with Crippen molar-refractivity contribution in [2.24, 2.45) is 0 Å². The van der Waals surface area contributed by atoms with Gasteiger partial charge in [0.2, 0.25) is 5.91 Å². The lowest BCUT2D eigenvalue weighted by molar-refractivity contribution is -0.384. The number of hydrogen-bond donors (Lipinski definition) is 2. The Labute approximate surface area is 178 Å². The molecule has 0 spiro atoms. The Morgan fingerprint density at radius 1 is 1.03 bits per heavy atom. The van der Waals surface area contributed by atoms with E-state index in [9.17, 15) is 19.7 Å². The molecule has 1 saturated heterocycles. The zero-order chi connectivity index (χ0) is 21.8. The second kappa shape index (κ2) is 8.97. The molecule has 2 aromatic carbocycles. The minimum atomic E-state index is -0.478. The van der Waals surface area contributed by atoms with Crippen LogP contribution in [0.3, 0.4) is 0 Å². The van der Waals surface area contributed by atoms with E-state index in [0.717, 1.165) is 10.9 Å². The van der Waals surface area contributed by atoms with E-state index in [1.165, 1.54) is 24.3 Å². The number of hydrogen-bond acceptors (Lipinski definition) is 5. The highest BCUT2D eigenvalue weighted by Crippen LogP contribution is 2.18. The van der Waals surface area contributed by atoms with E-state index in [2.05, 4.69) is 15.2 Å². The molecule has 31 heavy (non-hydrogen) atoms. The third kappa shape index (κ3) is 4.89. The molecular formula is C22H23N5O4. The Balaban J connectivity index is 1.23. The molecular weight excluding hydrogens is 398 g/mol. The molecule has 9 heteroatoms. The van der Waals surface area contributed by atoms with Gasteiger partial charge in [0.1, 0.15) is 5.69 Å². The average Bonchev–Trinajstić information content (AvgIpc) is 3.22. The highest BCUT2D eigenvalue weighted by molar-refractivity contribution is 5.98. The van der Waals surface area contributed by atoms with Crippen LogP contribution >= 0.6 is 0 Å². The summed E-state index contributed by atoms with van der Waals surface area (Å²) < 4.78 is 0. The summed E-state index contributed by atoms with van der Waals surface area (Å²) in [5, 5.41) is 14.5. The third-order valence-electron chi connectivity index (χ3n) is 5.44. The molecule has 0 atom stereocenters. The molecule has 2 heterocycles. The number of rotatable bonds is 6. The lowest BCUT2D eigenvalue weighted by atomic mass is 10.2. The van der Waals surface area contributed by atoms with Crippen LogP contribution in [0, 0.1) is 10.1 Å². The van der Waals surface area contributed by atoms with Crippen LogP contribution in [0.15, 0.2) is 54.6 Å². The predicted molar refractivity (Wildman–Crippen MR) is 117 cm³/mol. The summed E-state index contributed by atoms with van der Waals surface area (Å²) in [7, 11) is 0. The molecule has 1 fully saturated rings. The standard InChI is InChI=1S/C22H23N5O4/c28-21(23-17-5-7-18(8-6-17)27(30)31)9-10-25-11-13-26(14-12-25)22(29)20-15-16-3-1-2-4-19(16)24-20/h1-8,15,24H,9-14H2,(H,23,28). The normalized spacial score (nSPS) is 14.5. The smallest absolute Gasteiger partial charge is 0.270 e. The Kier molecular flexibility index (Phi) is 5.94. The minimum Gasteiger partial charge on any atom is -0.351 e. The van der Waals surface area contributed by atoms with Gasteiger partial charge in [-0.15, -0.1) is 0 Å². The fourth-order valence-corrected chi connectivity index (χ4v) is 3.68. The lowest BCUT2D eigenvalue weighted by Gasteiger charge is -2.34. The van der Waals surface area contributed by atoms with Gasteiger partial charge in [0.05, 0.1) is 4.92 Å². The number of nitro groups is 1. The number of H-pyrrole nitrogens is 1. The van der Waals surface area contributed by atoms with Crippen molar-refractivity contribution in [3.8, 4) is 0 Å². The summed E-state index contributed by atoms with van der Waals surface area (Å²) in [4.78, 5) is 42.3. The quantitative estimate of drug-likeness (QED) is 0.470. The number of para-hydroxylation sites is 1. The van der Waals surface area contributed by atoms with Gasteiger partial charge in [-0.05, 0) is 24.3 Å². The Hall–Kier alpha value is -3.72. The van der Waals surface area contributed by atoms with Gasteiger partial charge in [0.25, 0.3) is 11.6 Å². The maximum absolute atomic E-state index is 12.8. The van der Waals surface area contributed by atoms with Crippen molar-refractivity contribution in [2.75, 3.05) is 38.0 Å². The summed E-state index contributed by atoms with van der Waals surface area (Å²) in [5.74, 6) is -0.155. The number of non-ortho nitro benzene ring substituents is 1. The molecule has 4 rings (SSSR count). The van der Waals surface area contributed by atoms with E-state index in [1.807, 2.05) is 35.2 Å². The first kappa shape index (κ1) is 20.5. The highest BCUT2D eigenvalue weighted by Gasteiger charge is 2.23. The van der Waals surface area contributed by atoms with E-state index in [1.54, 1.807) is 0 Å². The molecule has 0 unspecified atom stereocenters. The van der Waals surface area contributed by atoms with Gasteiger partial charge >= 0.3 is 0 Å². The first-order chi connectivity index (χ1) is 15.0. The molecule has 0 saturated carbocycles. The van der Waals surface area contributed by atoms with Crippen molar-refractivity contribution in [1.82, 2.24) is 14.8 Å². The number of carbonyl (C=O) groups is 2. The van der Waals surface area contributed by atoms with Crippen LogP contribution in [-0.4, -0.2) is 64.2 Å². The number of nitrogens with zero attached hydrogens (tertiary/aromatic N) is 3. The van der Waals surface area contributed by atoms with Gasteiger partial charge in [-0.25, -0.2) is 0 Å². The fourth-order valence-electron chi connectivity index (χ4n) is 3.68. The van der Waals surface area contributed by atoms with Gasteiger partial charge < -0.3 is 15.2 Å². The minimum absolute atomic E-state index is 0.00763. The van der Waals surface area contributed by atoms with Gasteiger partial charge in [-0.1, -0.05) is 18.2 Å². The van der Waals surface area contributed by atoms with E-state index in [4.69, 9.17) is 0 Å². The number of nitrogens with one attached hydrogen (secondary N) is 2. The monoisotopic (exact) mass is 421 g/mol. The predicted octanol–water partition coefficient (Wildman–Crippen LogP) is 2.86. The molecule has 3 aromatic rings. The number of aromatic nitrogens is 1. The van der Waals surface area contributed by atoms with E-state index in [-0.39, 0.29) is 17.5 Å². The van der Waals surface area contributed by atoms with Crippen molar-refractivity contribution >= 4 is 34.1 Å². The molecule has 1 aliphatic heterocycles. The number of amides is 2. The van der Waals surface area contributed by atoms with Gasteiger partial charge in [0, 0.05) is 67.9 Å². The van der Waals surface area contributed by atoms with Crippen molar-refractivity contribution in [1.29, 1.82) is 0 Å². The molecule has 0 aliphatic carbocycles. The molecule has 2 N–H and O–H groups in total. The molecule has 0 bridgehead atoms. The van der Waals surface area contributed by atoms with E-state index < -0.39 is 4.92 Å². The van der Waals surface area contributed by atoms with Crippen LogP contribution < -0.4 is 5.32 Å². The van der Waals surface area contributed by atoms with Crippen LogP contribution in [-0.2, 0) is 4.79 Å². The zero-order valence-corrected chi connectivity index (χ0v) is 16.9. The summed E-state index contributed by atoms with van der Waals surface area (Å²) in [6.07, 6.45) is 0.312. The van der Waals surface area contributed by atoms with Crippen molar-refractivity contribution in [3.05, 3.63) is 70.4 Å². The Bertz CT molecular complexity index is 1070. The number of fused-ring (bicyclic) bond motifs is 1. The number of anilines is 1. The van der Waals surface area contributed by atoms with E-state index in [0.29, 0.717) is 50.5 Å². The summed E-state index contributed by atoms with van der Waals surface area (Å²) in [6, 6.07) is 15.4. The summed E-state index contributed by atoms with van der Waals surface area (Å²) in [5.41, 5.74) is 2.06. The van der Waals surface area contributed by atoms with Crippen molar-refractivity contribution in [3.63, 3.8) is 0 Å². The highest BCUT2D eigenvalue weighted by atomic mass is 16.6. The first-order valence-electron chi connectivity index (χ1n) is 10.1. The van der Waals surface area contributed by atoms with Gasteiger partial charge in [-0.3, -0.25) is 24.6 Å². The number of aromatic amines is 1. The number of nitro benzene ring substituents is 1. The number of carbonyl (C=O) groups excluding carboxylic acids is 2. The average molecular weight is 421 g/mol. The fraction of sp³-hybridized carbons (Fsp3) is 0.273. The number of benzene rings is 2. The Morgan fingerprint density at radius 2 is 1.74 bits per heavy atom. The second-order valence-corrected chi connectivity index (χ2v) is 7.51. The molecule has 1 aliphatic rings. The van der Waals surface area contributed by atoms with Crippen LogP contribution in [0.4, 0.5) is 11.4 Å². The van der Waals surface area contributed by atoms with Gasteiger partial charge in [-0.2, -0.15) is 0 Å². The summed E-state index contributed by atoms with van der Waals surface area (Å²) >= 11 is 0. The maximum Gasteiger partial charge on any atom is 0.270 e. The topological polar surface area (TPSA) is 112 Å². The number of piperazine rings is 1. The van der Waals surface area contributed by atoms with Crippen LogP contribution in [0.2, 0.25) is 0 Å². The molecule has 9 nitrogen and oxygen atoms in total. The SMILES string of the molecule is O=C(CCN1CCN(C(=O)c2cc3ccccc3[nH]2)CC1)Nc1ccc([N+](=O)[O-])cc1.